The average molecular weight is 244 g/mol. The monoisotopic (exact) mass is 244 g/mol. The average Bonchev–Trinajstić information content (AvgIpc) is 2.39. The van der Waals surface area contributed by atoms with Crippen LogP contribution >= 0.6 is 0 Å². The maximum atomic E-state index is 11.8. The number of amides is 1. The van der Waals surface area contributed by atoms with Crippen LogP contribution in [0, 0.1) is 0 Å². The molecule has 0 saturated carbocycles. The molecule has 2 rings (SSSR count). The lowest BCUT2D eigenvalue weighted by atomic mass is 9.90. The van der Waals surface area contributed by atoms with Crippen LogP contribution in [-0.4, -0.2) is 19.0 Å². The van der Waals surface area contributed by atoms with Gasteiger partial charge in [-0.2, -0.15) is 0 Å². The lowest BCUT2D eigenvalue weighted by Gasteiger charge is -2.19. The lowest BCUT2D eigenvalue weighted by molar-refractivity contribution is -0.115. The first-order valence-corrected chi connectivity index (χ1v) is 6.53. The number of anilines is 1. The van der Waals surface area contributed by atoms with Gasteiger partial charge in [-0.05, 0) is 42.9 Å². The predicted molar refractivity (Wildman–Crippen MR) is 74.8 cm³/mol. The minimum absolute atomic E-state index is 0.0100. The van der Waals surface area contributed by atoms with Gasteiger partial charge in [-0.15, -0.1) is 6.58 Å². The van der Waals surface area contributed by atoms with Crippen LogP contribution < -0.4 is 10.6 Å². The molecule has 0 saturated heterocycles. The molecular weight excluding hydrogens is 224 g/mol. The van der Waals surface area contributed by atoms with Crippen LogP contribution in [0.15, 0.2) is 30.9 Å². The van der Waals surface area contributed by atoms with Crippen molar-refractivity contribution in [3.05, 3.63) is 42.0 Å². The van der Waals surface area contributed by atoms with E-state index in [4.69, 9.17) is 0 Å². The van der Waals surface area contributed by atoms with Gasteiger partial charge in [0.25, 0.3) is 0 Å². The third-order valence-electron chi connectivity index (χ3n) is 3.24. The van der Waals surface area contributed by atoms with Gasteiger partial charge in [-0.25, -0.2) is 0 Å². The SMILES string of the molecule is C=CCNCC(=O)Nc1cccc2c1CCCC2. The smallest absolute Gasteiger partial charge is 0.238 e. The van der Waals surface area contributed by atoms with E-state index in [0.717, 1.165) is 18.5 Å². The molecule has 3 nitrogen and oxygen atoms in total. The third-order valence-corrected chi connectivity index (χ3v) is 3.24. The van der Waals surface area contributed by atoms with E-state index in [1.54, 1.807) is 6.08 Å². The van der Waals surface area contributed by atoms with Gasteiger partial charge in [0, 0.05) is 12.2 Å². The highest BCUT2D eigenvalue weighted by Crippen LogP contribution is 2.27. The molecule has 0 atom stereocenters. The highest BCUT2D eigenvalue weighted by Gasteiger charge is 2.13. The summed E-state index contributed by atoms with van der Waals surface area (Å²) in [5.41, 5.74) is 3.69. The molecule has 1 amide bonds. The van der Waals surface area contributed by atoms with Gasteiger partial charge >= 0.3 is 0 Å². The van der Waals surface area contributed by atoms with Crippen molar-refractivity contribution in [1.29, 1.82) is 0 Å². The van der Waals surface area contributed by atoms with Crippen LogP contribution in [0.4, 0.5) is 5.69 Å². The maximum absolute atomic E-state index is 11.8. The summed E-state index contributed by atoms with van der Waals surface area (Å²) in [5, 5.41) is 6.00. The Morgan fingerprint density at radius 3 is 3.00 bits per heavy atom. The molecule has 1 aliphatic carbocycles. The minimum Gasteiger partial charge on any atom is -0.325 e. The zero-order valence-corrected chi connectivity index (χ0v) is 10.7. The second kappa shape index (κ2) is 6.36. The number of aryl methyl sites for hydroxylation is 1. The summed E-state index contributed by atoms with van der Waals surface area (Å²) < 4.78 is 0. The summed E-state index contributed by atoms with van der Waals surface area (Å²) in [7, 11) is 0. The Morgan fingerprint density at radius 1 is 1.33 bits per heavy atom. The Bertz CT molecular complexity index is 440. The molecule has 0 fully saturated rings. The van der Waals surface area contributed by atoms with Crippen LogP contribution in [-0.2, 0) is 17.6 Å². The number of benzene rings is 1. The van der Waals surface area contributed by atoms with Crippen molar-refractivity contribution in [1.82, 2.24) is 5.32 Å². The molecule has 0 aliphatic heterocycles. The highest BCUT2D eigenvalue weighted by atomic mass is 16.1. The van der Waals surface area contributed by atoms with Crippen molar-refractivity contribution >= 4 is 11.6 Å². The number of rotatable bonds is 5. The molecule has 2 N–H and O–H groups in total. The van der Waals surface area contributed by atoms with Gasteiger partial charge in [0.1, 0.15) is 0 Å². The molecule has 1 aromatic rings. The molecule has 96 valence electrons. The number of fused-ring (bicyclic) bond motifs is 1. The van der Waals surface area contributed by atoms with Crippen molar-refractivity contribution in [3.8, 4) is 0 Å². The summed E-state index contributed by atoms with van der Waals surface area (Å²) in [4.78, 5) is 11.8. The molecule has 0 heterocycles. The zero-order chi connectivity index (χ0) is 12.8. The van der Waals surface area contributed by atoms with Crippen molar-refractivity contribution in [2.24, 2.45) is 0 Å². The highest BCUT2D eigenvalue weighted by molar-refractivity contribution is 5.93. The van der Waals surface area contributed by atoms with E-state index in [1.807, 2.05) is 12.1 Å². The van der Waals surface area contributed by atoms with E-state index >= 15 is 0 Å². The van der Waals surface area contributed by atoms with E-state index < -0.39 is 0 Å². The van der Waals surface area contributed by atoms with Gasteiger partial charge in [-0.3, -0.25) is 4.79 Å². The molecule has 18 heavy (non-hydrogen) atoms. The molecular formula is C15H20N2O. The molecule has 0 radical (unpaired) electrons. The summed E-state index contributed by atoms with van der Waals surface area (Å²) >= 11 is 0. The van der Waals surface area contributed by atoms with E-state index in [-0.39, 0.29) is 5.91 Å². The number of hydrogen-bond donors (Lipinski definition) is 2. The third kappa shape index (κ3) is 3.20. The van der Waals surface area contributed by atoms with Crippen LogP contribution in [0.1, 0.15) is 24.0 Å². The van der Waals surface area contributed by atoms with Gasteiger partial charge in [-0.1, -0.05) is 18.2 Å². The van der Waals surface area contributed by atoms with E-state index in [9.17, 15) is 4.79 Å². The van der Waals surface area contributed by atoms with Gasteiger partial charge in [0.05, 0.1) is 6.54 Å². The largest absolute Gasteiger partial charge is 0.325 e. The second-order valence-electron chi connectivity index (χ2n) is 4.62. The Hall–Kier alpha value is -1.61. The minimum atomic E-state index is 0.0100. The summed E-state index contributed by atoms with van der Waals surface area (Å²) in [6, 6.07) is 6.19. The van der Waals surface area contributed by atoms with Crippen LogP contribution in [0.2, 0.25) is 0 Å². The topological polar surface area (TPSA) is 41.1 Å². The van der Waals surface area contributed by atoms with Gasteiger partial charge < -0.3 is 10.6 Å². The molecule has 1 aromatic carbocycles. The first kappa shape index (κ1) is 12.8. The summed E-state index contributed by atoms with van der Waals surface area (Å²) in [6.07, 6.45) is 6.43. The van der Waals surface area contributed by atoms with Crippen LogP contribution in [0.3, 0.4) is 0 Å². The first-order valence-electron chi connectivity index (χ1n) is 6.53. The Morgan fingerprint density at radius 2 is 2.17 bits per heavy atom. The molecule has 3 heteroatoms. The quantitative estimate of drug-likeness (QED) is 0.616. The maximum Gasteiger partial charge on any atom is 0.238 e. The van der Waals surface area contributed by atoms with Crippen molar-refractivity contribution in [2.75, 3.05) is 18.4 Å². The fourth-order valence-corrected chi connectivity index (χ4v) is 2.38. The standard InChI is InChI=1S/C15H20N2O/c1-2-10-16-11-15(18)17-14-9-5-7-12-6-3-4-8-13(12)14/h2,5,7,9,16H,1,3-4,6,8,10-11H2,(H,17,18). The number of nitrogens with one attached hydrogen (secondary N) is 2. The van der Waals surface area contributed by atoms with Gasteiger partial charge in [0.2, 0.25) is 5.91 Å². The van der Waals surface area contributed by atoms with Crippen molar-refractivity contribution in [2.45, 2.75) is 25.7 Å². The lowest BCUT2D eigenvalue weighted by Crippen LogP contribution is -2.28. The van der Waals surface area contributed by atoms with Crippen LogP contribution in [0.5, 0.6) is 0 Å². The number of hydrogen-bond acceptors (Lipinski definition) is 2. The van der Waals surface area contributed by atoms with Gasteiger partial charge in [0.15, 0.2) is 0 Å². The molecule has 0 unspecified atom stereocenters. The number of carbonyl (C=O) groups is 1. The van der Waals surface area contributed by atoms with Crippen molar-refractivity contribution < 1.29 is 4.79 Å². The molecule has 0 aromatic heterocycles. The van der Waals surface area contributed by atoms with E-state index in [1.165, 1.54) is 24.0 Å². The molecule has 0 spiro atoms. The predicted octanol–water partition coefficient (Wildman–Crippen LogP) is 2.28. The molecule has 0 bridgehead atoms. The fraction of sp³-hybridized carbons (Fsp3) is 0.400. The zero-order valence-electron chi connectivity index (χ0n) is 10.7. The molecule has 1 aliphatic rings. The Kier molecular flexibility index (Phi) is 4.53. The summed E-state index contributed by atoms with van der Waals surface area (Å²) in [6.45, 7) is 4.59. The summed E-state index contributed by atoms with van der Waals surface area (Å²) in [5.74, 6) is 0.0100. The normalized spacial score (nSPS) is 13.8. The first-order chi connectivity index (χ1) is 8.81. The fourth-order valence-electron chi connectivity index (χ4n) is 2.38. The number of carbonyl (C=O) groups excluding carboxylic acids is 1. The van der Waals surface area contributed by atoms with Crippen LogP contribution in [0.25, 0.3) is 0 Å². The second-order valence-corrected chi connectivity index (χ2v) is 4.62. The van der Waals surface area contributed by atoms with E-state index in [0.29, 0.717) is 13.1 Å². The Labute approximate surface area is 108 Å². The van der Waals surface area contributed by atoms with E-state index in [2.05, 4.69) is 23.3 Å². The Balaban J connectivity index is 2.00. The van der Waals surface area contributed by atoms with Crippen molar-refractivity contribution in [3.63, 3.8) is 0 Å².